The van der Waals surface area contributed by atoms with Gasteiger partial charge in [-0.2, -0.15) is 0 Å². The smallest absolute Gasteiger partial charge is 0.337 e. The number of urea groups is 1. The van der Waals surface area contributed by atoms with Gasteiger partial charge in [0.25, 0.3) is 5.22 Å². The summed E-state index contributed by atoms with van der Waals surface area (Å²) in [6.45, 7) is 5.90. The zero-order valence-electron chi connectivity index (χ0n) is 15.9. The van der Waals surface area contributed by atoms with Gasteiger partial charge in [-0.25, -0.2) is 9.59 Å². The highest BCUT2D eigenvalue weighted by Gasteiger charge is 2.31. The Hall–Kier alpha value is -2.81. The van der Waals surface area contributed by atoms with E-state index in [4.69, 9.17) is 9.15 Å². The first kappa shape index (κ1) is 19.9. The third-order valence-electron chi connectivity index (χ3n) is 4.19. The first-order valence-electron chi connectivity index (χ1n) is 9.02. The number of carbonyl (C=O) groups excluding carboxylic acids is 2. The van der Waals surface area contributed by atoms with E-state index in [1.165, 1.54) is 11.8 Å². The topological polar surface area (TPSA) is 106 Å². The maximum Gasteiger partial charge on any atom is 0.337 e. The lowest BCUT2D eigenvalue weighted by Crippen LogP contribution is -2.50. The van der Waals surface area contributed by atoms with E-state index in [0.29, 0.717) is 34.6 Å². The van der Waals surface area contributed by atoms with Crippen LogP contribution in [0.2, 0.25) is 0 Å². The Labute approximate surface area is 167 Å². The van der Waals surface area contributed by atoms with E-state index < -0.39 is 12.0 Å². The first-order valence-corrected chi connectivity index (χ1v) is 10.0. The van der Waals surface area contributed by atoms with Gasteiger partial charge in [-0.05, 0) is 32.4 Å². The van der Waals surface area contributed by atoms with Gasteiger partial charge in [0.15, 0.2) is 0 Å². The number of nitrogens with one attached hydrogen (secondary N) is 2. The summed E-state index contributed by atoms with van der Waals surface area (Å²) in [5.74, 6) is 0.277. The fraction of sp³-hybridized carbons (Fsp3) is 0.368. The molecule has 2 aromatic rings. The molecular formula is C19H22N4O4S. The summed E-state index contributed by atoms with van der Waals surface area (Å²) in [7, 11) is 0. The number of aryl methyl sites for hydroxylation is 1. The van der Waals surface area contributed by atoms with Gasteiger partial charge in [0, 0.05) is 17.0 Å². The molecule has 2 N–H and O–H groups in total. The summed E-state index contributed by atoms with van der Waals surface area (Å²) in [6, 6.07) is 7.03. The second-order valence-corrected chi connectivity index (χ2v) is 7.13. The predicted octanol–water partition coefficient (Wildman–Crippen LogP) is 3.05. The zero-order chi connectivity index (χ0) is 20.1. The van der Waals surface area contributed by atoms with E-state index in [2.05, 4.69) is 20.8 Å². The molecule has 0 saturated heterocycles. The number of nitrogens with zero attached hydrogens (tertiary/aromatic N) is 2. The van der Waals surface area contributed by atoms with Crippen molar-refractivity contribution in [1.82, 2.24) is 20.8 Å². The molecule has 28 heavy (non-hydrogen) atoms. The number of aromatic nitrogens is 2. The number of carbonyl (C=O) groups is 2. The number of amides is 2. The standard InChI is InChI=1S/C19H22N4O4S/c1-4-13-15(17(24)26-5-2)14(21-18(25)20-13)10-28-19-23-22-16(27-19)12-8-6-11(3)7-9-12/h6-9,13H,4-5,10H2,1-3H3,(H2,20,21,25)/t13-/m0/s1. The Morgan fingerprint density at radius 3 is 2.68 bits per heavy atom. The van der Waals surface area contributed by atoms with Crippen molar-refractivity contribution >= 4 is 23.8 Å². The normalized spacial score (nSPS) is 16.5. The van der Waals surface area contributed by atoms with Crippen molar-refractivity contribution in [2.75, 3.05) is 12.4 Å². The molecule has 1 aromatic carbocycles. The van der Waals surface area contributed by atoms with Crippen molar-refractivity contribution in [3.05, 3.63) is 41.1 Å². The summed E-state index contributed by atoms with van der Waals surface area (Å²) in [4.78, 5) is 24.3. The maximum atomic E-state index is 12.4. The Morgan fingerprint density at radius 1 is 1.25 bits per heavy atom. The van der Waals surface area contributed by atoms with Crippen LogP contribution in [0.25, 0.3) is 11.5 Å². The number of benzene rings is 1. The van der Waals surface area contributed by atoms with Gasteiger partial charge < -0.3 is 19.8 Å². The molecule has 3 rings (SSSR count). The highest BCUT2D eigenvalue weighted by Crippen LogP contribution is 2.27. The van der Waals surface area contributed by atoms with Crippen LogP contribution in [-0.2, 0) is 9.53 Å². The molecule has 148 valence electrons. The minimum Gasteiger partial charge on any atom is -0.463 e. The Bertz CT molecular complexity index is 892. The predicted molar refractivity (Wildman–Crippen MR) is 105 cm³/mol. The largest absolute Gasteiger partial charge is 0.463 e. The van der Waals surface area contributed by atoms with Gasteiger partial charge in [0.2, 0.25) is 5.89 Å². The molecule has 0 spiro atoms. The van der Waals surface area contributed by atoms with E-state index in [1.807, 2.05) is 38.1 Å². The molecule has 0 fully saturated rings. The molecule has 8 nitrogen and oxygen atoms in total. The molecule has 0 aliphatic carbocycles. The monoisotopic (exact) mass is 402 g/mol. The summed E-state index contributed by atoms with van der Waals surface area (Å²) >= 11 is 1.25. The van der Waals surface area contributed by atoms with Crippen LogP contribution >= 0.6 is 11.8 Å². The fourth-order valence-corrected chi connectivity index (χ4v) is 3.52. The van der Waals surface area contributed by atoms with Crippen LogP contribution in [0.3, 0.4) is 0 Å². The van der Waals surface area contributed by atoms with Gasteiger partial charge in [-0.3, -0.25) is 0 Å². The van der Waals surface area contributed by atoms with Crippen LogP contribution < -0.4 is 10.6 Å². The van der Waals surface area contributed by atoms with Gasteiger partial charge in [-0.15, -0.1) is 10.2 Å². The number of rotatable bonds is 7. The quantitative estimate of drug-likeness (QED) is 0.541. The van der Waals surface area contributed by atoms with Crippen molar-refractivity contribution in [2.45, 2.75) is 38.5 Å². The molecule has 2 heterocycles. The number of esters is 1. The Morgan fingerprint density at radius 2 is 2.00 bits per heavy atom. The molecule has 0 saturated carbocycles. The van der Waals surface area contributed by atoms with Crippen molar-refractivity contribution in [3.8, 4) is 11.5 Å². The number of ether oxygens (including phenoxy) is 1. The van der Waals surface area contributed by atoms with Crippen LogP contribution in [0, 0.1) is 6.92 Å². The minimum atomic E-state index is -0.441. The van der Waals surface area contributed by atoms with Gasteiger partial charge in [0.1, 0.15) is 0 Å². The molecule has 0 unspecified atom stereocenters. The van der Waals surface area contributed by atoms with Crippen LogP contribution in [0.1, 0.15) is 25.8 Å². The molecule has 0 radical (unpaired) electrons. The summed E-state index contributed by atoms with van der Waals surface area (Å²) in [5.41, 5.74) is 2.89. The molecule has 2 amide bonds. The Balaban J connectivity index is 1.78. The minimum absolute atomic E-state index is 0.261. The lowest BCUT2D eigenvalue weighted by molar-refractivity contribution is -0.139. The Kier molecular flexibility index (Phi) is 6.35. The van der Waals surface area contributed by atoms with E-state index in [-0.39, 0.29) is 12.6 Å². The fourth-order valence-electron chi connectivity index (χ4n) is 2.79. The van der Waals surface area contributed by atoms with Crippen molar-refractivity contribution in [2.24, 2.45) is 0 Å². The third kappa shape index (κ3) is 4.53. The average Bonchev–Trinajstić information content (AvgIpc) is 3.15. The molecular weight excluding hydrogens is 380 g/mol. The van der Waals surface area contributed by atoms with E-state index in [1.54, 1.807) is 6.92 Å². The molecule has 9 heteroatoms. The molecule has 1 aliphatic heterocycles. The van der Waals surface area contributed by atoms with Crippen molar-refractivity contribution in [3.63, 3.8) is 0 Å². The highest BCUT2D eigenvalue weighted by molar-refractivity contribution is 7.99. The van der Waals surface area contributed by atoms with Crippen molar-refractivity contribution < 1.29 is 18.7 Å². The SMILES string of the molecule is CCOC(=O)C1=C(CSc2nnc(-c3ccc(C)cc3)o2)NC(=O)N[C@H]1CC. The molecule has 1 atom stereocenters. The van der Waals surface area contributed by atoms with Crippen LogP contribution in [0.5, 0.6) is 0 Å². The molecule has 1 aliphatic rings. The van der Waals surface area contributed by atoms with Crippen LogP contribution in [-0.4, -0.2) is 40.6 Å². The maximum absolute atomic E-state index is 12.4. The zero-order valence-corrected chi connectivity index (χ0v) is 16.8. The second-order valence-electron chi connectivity index (χ2n) is 6.20. The number of hydrogen-bond acceptors (Lipinski definition) is 7. The van der Waals surface area contributed by atoms with Gasteiger partial charge >= 0.3 is 12.0 Å². The number of hydrogen-bond donors (Lipinski definition) is 2. The summed E-state index contributed by atoms with van der Waals surface area (Å²) in [6.07, 6.45) is 0.577. The van der Waals surface area contributed by atoms with Crippen LogP contribution in [0.4, 0.5) is 4.79 Å². The van der Waals surface area contributed by atoms with Crippen LogP contribution in [0.15, 0.2) is 45.2 Å². The second kappa shape index (κ2) is 8.92. The lowest BCUT2D eigenvalue weighted by atomic mass is 10.0. The molecule has 0 bridgehead atoms. The van der Waals surface area contributed by atoms with Crippen molar-refractivity contribution in [1.29, 1.82) is 0 Å². The number of thioether (sulfide) groups is 1. The summed E-state index contributed by atoms with van der Waals surface area (Å²) < 4.78 is 10.9. The van der Waals surface area contributed by atoms with Gasteiger partial charge in [0.05, 0.1) is 18.2 Å². The summed E-state index contributed by atoms with van der Waals surface area (Å²) in [5, 5.41) is 13.9. The van der Waals surface area contributed by atoms with Gasteiger partial charge in [-0.1, -0.05) is 36.4 Å². The highest BCUT2D eigenvalue weighted by atomic mass is 32.2. The van der Waals surface area contributed by atoms with E-state index >= 15 is 0 Å². The van der Waals surface area contributed by atoms with E-state index in [9.17, 15) is 9.59 Å². The third-order valence-corrected chi connectivity index (χ3v) is 5.04. The lowest BCUT2D eigenvalue weighted by Gasteiger charge is -2.28. The van der Waals surface area contributed by atoms with E-state index in [0.717, 1.165) is 11.1 Å². The molecule has 1 aromatic heterocycles. The average molecular weight is 402 g/mol. The first-order chi connectivity index (χ1) is 13.5.